The summed E-state index contributed by atoms with van der Waals surface area (Å²) in [6.45, 7) is 4.26. The van der Waals surface area contributed by atoms with Gasteiger partial charge in [0.05, 0.1) is 0 Å². The number of carbonyl (C=O) groups is 1. The first-order valence-corrected chi connectivity index (χ1v) is 10.1. The number of aromatic nitrogens is 1. The van der Waals surface area contributed by atoms with Crippen molar-refractivity contribution in [3.8, 4) is 11.3 Å². The summed E-state index contributed by atoms with van der Waals surface area (Å²) in [5.41, 5.74) is 1.92. The van der Waals surface area contributed by atoms with Crippen molar-refractivity contribution in [3.05, 3.63) is 30.3 Å². The second-order valence-corrected chi connectivity index (χ2v) is 7.54. The summed E-state index contributed by atoms with van der Waals surface area (Å²) in [4.78, 5) is 17.3. The number of amides is 1. The first-order chi connectivity index (χ1) is 11.2. The van der Waals surface area contributed by atoms with E-state index in [0.717, 1.165) is 46.3 Å². The molecule has 0 spiro atoms. The molecule has 1 heterocycles. The molecule has 0 aliphatic rings. The molecule has 0 atom stereocenters. The fourth-order valence-corrected chi connectivity index (χ4v) is 4.07. The van der Waals surface area contributed by atoms with Crippen LogP contribution >= 0.6 is 23.1 Å². The Morgan fingerprint density at radius 2 is 1.87 bits per heavy atom. The van der Waals surface area contributed by atoms with Gasteiger partial charge < -0.3 is 5.32 Å². The minimum atomic E-state index is 0.0912. The molecule has 0 bridgehead atoms. The first-order valence-electron chi connectivity index (χ1n) is 8.10. The molecule has 0 aliphatic carbocycles. The van der Waals surface area contributed by atoms with E-state index < -0.39 is 0 Å². The van der Waals surface area contributed by atoms with Crippen molar-refractivity contribution < 1.29 is 4.79 Å². The maximum atomic E-state index is 12.6. The number of thiazole rings is 1. The maximum Gasteiger partial charge on any atom is 0.228 e. The molecule has 1 amide bonds. The van der Waals surface area contributed by atoms with Crippen LogP contribution < -0.4 is 5.32 Å². The normalized spacial score (nSPS) is 11.0. The second kappa shape index (κ2) is 9.08. The number of nitrogens with one attached hydrogen (secondary N) is 1. The average molecular weight is 349 g/mol. The third-order valence-electron chi connectivity index (χ3n) is 3.71. The number of benzene rings is 1. The van der Waals surface area contributed by atoms with Crippen LogP contribution in [0.25, 0.3) is 11.3 Å². The van der Waals surface area contributed by atoms with Crippen LogP contribution in [0.15, 0.2) is 34.7 Å². The van der Waals surface area contributed by atoms with E-state index in [1.54, 1.807) is 23.1 Å². The highest BCUT2D eigenvalue weighted by Crippen LogP contribution is 2.37. The van der Waals surface area contributed by atoms with Crippen LogP contribution in [0.5, 0.6) is 0 Å². The van der Waals surface area contributed by atoms with Crippen LogP contribution in [0.4, 0.5) is 5.00 Å². The Kier molecular flexibility index (Phi) is 7.12. The van der Waals surface area contributed by atoms with E-state index in [9.17, 15) is 4.79 Å². The zero-order valence-electron chi connectivity index (χ0n) is 14.0. The van der Waals surface area contributed by atoms with Gasteiger partial charge in [0.2, 0.25) is 5.91 Å². The molecule has 23 heavy (non-hydrogen) atoms. The summed E-state index contributed by atoms with van der Waals surface area (Å²) < 4.78 is 0.974. The van der Waals surface area contributed by atoms with Crippen molar-refractivity contribution in [1.82, 2.24) is 4.98 Å². The molecule has 1 N–H and O–H groups in total. The van der Waals surface area contributed by atoms with Gasteiger partial charge in [-0.1, -0.05) is 80.1 Å². The zero-order chi connectivity index (χ0) is 16.7. The van der Waals surface area contributed by atoms with E-state index >= 15 is 0 Å². The Labute approximate surface area is 146 Å². The van der Waals surface area contributed by atoms with Crippen molar-refractivity contribution in [2.24, 2.45) is 5.92 Å². The van der Waals surface area contributed by atoms with Gasteiger partial charge in [0.1, 0.15) is 10.7 Å². The Morgan fingerprint density at radius 1 is 1.22 bits per heavy atom. The van der Waals surface area contributed by atoms with Gasteiger partial charge >= 0.3 is 0 Å². The highest BCUT2D eigenvalue weighted by molar-refractivity contribution is 8.00. The van der Waals surface area contributed by atoms with Gasteiger partial charge in [0.25, 0.3) is 0 Å². The zero-order valence-corrected chi connectivity index (χ0v) is 15.6. The van der Waals surface area contributed by atoms with Crippen LogP contribution in [0, 0.1) is 5.92 Å². The first kappa shape index (κ1) is 18.0. The smallest absolute Gasteiger partial charge is 0.228 e. The van der Waals surface area contributed by atoms with E-state index in [4.69, 9.17) is 0 Å². The summed E-state index contributed by atoms with van der Waals surface area (Å²) in [5.74, 6) is 0.218. The van der Waals surface area contributed by atoms with Crippen LogP contribution in [-0.2, 0) is 4.79 Å². The monoisotopic (exact) mass is 348 g/mol. The summed E-state index contributed by atoms with van der Waals surface area (Å²) in [6.07, 6.45) is 5.95. The molecule has 1 aromatic carbocycles. The fourth-order valence-electron chi connectivity index (χ4n) is 2.58. The van der Waals surface area contributed by atoms with Gasteiger partial charge in [-0.2, -0.15) is 0 Å². The van der Waals surface area contributed by atoms with E-state index in [2.05, 4.69) is 24.1 Å². The SMILES string of the molecule is CCCC(CCC)C(=O)Nc1sc(SC)nc1-c1ccccc1. The van der Waals surface area contributed by atoms with Crippen molar-refractivity contribution >= 4 is 34.0 Å². The lowest BCUT2D eigenvalue weighted by Gasteiger charge is -2.15. The van der Waals surface area contributed by atoms with Crippen LogP contribution in [0.3, 0.4) is 0 Å². The van der Waals surface area contributed by atoms with Gasteiger partial charge in [-0.15, -0.1) is 0 Å². The molecule has 2 aromatic rings. The standard InChI is InChI=1S/C18H24N2OS2/c1-4-9-14(10-5-2)16(21)20-17-15(19-18(22-3)23-17)13-11-7-6-8-12-13/h6-8,11-12,14H,4-5,9-10H2,1-3H3,(H,20,21). The Balaban J connectivity index is 2.25. The number of hydrogen-bond donors (Lipinski definition) is 1. The van der Waals surface area contributed by atoms with E-state index in [-0.39, 0.29) is 11.8 Å². The lowest BCUT2D eigenvalue weighted by molar-refractivity contribution is -0.120. The number of nitrogens with zero attached hydrogens (tertiary/aromatic N) is 1. The third-order valence-corrected chi connectivity index (χ3v) is 5.67. The van der Waals surface area contributed by atoms with E-state index in [1.165, 1.54) is 0 Å². The Morgan fingerprint density at radius 3 is 2.43 bits per heavy atom. The third kappa shape index (κ3) is 4.82. The Bertz CT molecular complexity index is 619. The van der Waals surface area contributed by atoms with Crippen LogP contribution in [0.2, 0.25) is 0 Å². The van der Waals surface area contributed by atoms with Crippen molar-refractivity contribution in [2.45, 2.75) is 43.9 Å². The lowest BCUT2D eigenvalue weighted by atomic mass is 9.97. The molecule has 124 valence electrons. The molecule has 0 saturated heterocycles. The molecule has 0 radical (unpaired) electrons. The summed E-state index contributed by atoms with van der Waals surface area (Å²) in [6, 6.07) is 10.0. The minimum absolute atomic E-state index is 0.0912. The average Bonchev–Trinajstić information content (AvgIpc) is 2.98. The number of rotatable bonds is 8. The molecule has 0 saturated carbocycles. The summed E-state index contributed by atoms with van der Waals surface area (Å²) in [5, 5.41) is 4.00. The van der Waals surface area contributed by atoms with Crippen LogP contribution in [0.1, 0.15) is 39.5 Å². The van der Waals surface area contributed by atoms with E-state index in [1.807, 2.05) is 36.6 Å². The van der Waals surface area contributed by atoms with Crippen LogP contribution in [-0.4, -0.2) is 17.1 Å². The maximum absolute atomic E-state index is 12.6. The van der Waals surface area contributed by atoms with Gasteiger partial charge in [0, 0.05) is 11.5 Å². The Hall–Kier alpha value is -1.33. The number of anilines is 1. The molecule has 1 aromatic heterocycles. The van der Waals surface area contributed by atoms with Gasteiger partial charge in [-0.25, -0.2) is 4.98 Å². The molecule has 0 aliphatic heterocycles. The molecule has 2 rings (SSSR count). The van der Waals surface area contributed by atoms with E-state index in [0.29, 0.717) is 0 Å². The lowest BCUT2D eigenvalue weighted by Crippen LogP contribution is -2.22. The number of hydrogen-bond acceptors (Lipinski definition) is 4. The molecular weight excluding hydrogens is 324 g/mol. The highest BCUT2D eigenvalue weighted by Gasteiger charge is 2.20. The minimum Gasteiger partial charge on any atom is -0.316 e. The fraction of sp³-hybridized carbons (Fsp3) is 0.444. The van der Waals surface area contributed by atoms with Gasteiger partial charge in [0.15, 0.2) is 4.34 Å². The quantitative estimate of drug-likeness (QED) is 0.623. The molecule has 3 nitrogen and oxygen atoms in total. The van der Waals surface area contributed by atoms with Crippen molar-refractivity contribution in [3.63, 3.8) is 0 Å². The van der Waals surface area contributed by atoms with Crippen molar-refractivity contribution in [2.75, 3.05) is 11.6 Å². The van der Waals surface area contributed by atoms with Gasteiger partial charge in [-0.3, -0.25) is 4.79 Å². The topological polar surface area (TPSA) is 42.0 Å². The highest BCUT2D eigenvalue weighted by atomic mass is 32.2. The molecule has 5 heteroatoms. The largest absolute Gasteiger partial charge is 0.316 e. The predicted molar refractivity (Wildman–Crippen MR) is 101 cm³/mol. The summed E-state index contributed by atoms with van der Waals surface area (Å²) in [7, 11) is 0. The number of thioether (sulfide) groups is 1. The van der Waals surface area contributed by atoms with Crippen molar-refractivity contribution in [1.29, 1.82) is 0 Å². The molecule has 0 unspecified atom stereocenters. The number of carbonyl (C=O) groups excluding carboxylic acids is 1. The molecular formula is C18H24N2OS2. The summed E-state index contributed by atoms with van der Waals surface area (Å²) >= 11 is 3.17. The second-order valence-electron chi connectivity index (χ2n) is 5.49. The van der Waals surface area contributed by atoms with Gasteiger partial charge in [-0.05, 0) is 19.1 Å². The predicted octanol–water partition coefficient (Wildman–Crippen LogP) is 5.69. The molecule has 0 fully saturated rings.